The van der Waals surface area contributed by atoms with Crippen molar-refractivity contribution in [2.75, 3.05) is 13.1 Å². The van der Waals surface area contributed by atoms with Crippen molar-refractivity contribution in [3.05, 3.63) is 101 Å². The highest BCUT2D eigenvalue weighted by molar-refractivity contribution is 5.97. The van der Waals surface area contributed by atoms with Gasteiger partial charge in [0.05, 0.1) is 6.04 Å². The van der Waals surface area contributed by atoms with Gasteiger partial charge in [-0.2, -0.15) is 0 Å². The highest BCUT2D eigenvalue weighted by Gasteiger charge is 2.34. The predicted molar refractivity (Wildman–Crippen MR) is 162 cm³/mol. The number of nitrogens with one attached hydrogen (secondary N) is 1. The summed E-state index contributed by atoms with van der Waals surface area (Å²) in [4.78, 5) is 31.1. The smallest absolute Gasteiger partial charge is 0.411 e. The number of hydrogen-bond acceptors (Lipinski definition) is 3. The molecule has 6 nitrogen and oxygen atoms in total. The number of halogens is 3. The fourth-order valence-corrected chi connectivity index (χ4v) is 5.84. The molecule has 9 heteroatoms. The van der Waals surface area contributed by atoms with E-state index >= 15 is 0 Å². The van der Waals surface area contributed by atoms with E-state index in [1.807, 2.05) is 56.0 Å². The number of ether oxygens (including phenoxy) is 1. The number of likely N-dealkylation sites (tertiary alicyclic amines) is 1. The summed E-state index contributed by atoms with van der Waals surface area (Å²) in [5, 5.41) is 3.00. The number of fused-ring (bicyclic) bond motifs is 1. The molecule has 1 fully saturated rings. The summed E-state index contributed by atoms with van der Waals surface area (Å²) in [6.45, 7) is 11.9. The van der Waals surface area contributed by atoms with E-state index in [4.69, 9.17) is 0 Å². The first-order valence-corrected chi connectivity index (χ1v) is 14.6. The van der Waals surface area contributed by atoms with Crippen molar-refractivity contribution in [1.82, 2.24) is 15.1 Å². The third kappa shape index (κ3) is 8.09. The summed E-state index contributed by atoms with van der Waals surface area (Å²) in [6, 6.07) is 13.2. The number of urea groups is 1. The molecule has 0 saturated carbocycles. The lowest BCUT2D eigenvalue weighted by molar-refractivity contribution is -0.305. The van der Waals surface area contributed by atoms with Crippen molar-refractivity contribution in [3.63, 3.8) is 0 Å². The van der Waals surface area contributed by atoms with Gasteiger partial charge in [0.2, 0.25) is 0 Å². The number of piperidine rings is 1. The highest BCUT2D eigenvalue weighted by Crippen LogP contribution is 2.36. The fourth-order valence-electron chi connectivity index (χ4n) is 5.84. The fraction of sp³-hybridized carbons (Fsp3) is 0.412. The van der Waals surface area contributed by atoms with Crippen molar-refractivity contribution >= 4 is 17.5 Å². The SMILES string of the molecule is C=C/C=C(\C=C(/C)OC(F)(F)F)c1ccc(C(=O)N2CCCCC2c2ccccc2)c2c1CCN(C(=O)NC(C)(C)C)C2. The van der Waals surface area contributed by atoms with E-state index in [1.54, 1.807) is 23.1 Å². The number of carbonyl (C=O) groups is 2. The first-order chi connectivity index (χ1) is 20.3. The molecule has 2 aromatic rings. The predicted octanol–water partition coefficient (Wildman–Crippen LogP) is 7.93. The highest BCUT2D eigenvalue weighted by atomic mass is 19.4. The Hall–Kier alpha value is -4.01. The van der Waals surface area contributed by atoms with E-state index < -0.39 is 11.9 Å². The Kier molecular flexibility index (Phi) is 9.72. The van der Waals surface area contributed by atoms with Crippen LogP contribution in [0.1, 0.15) is 85.6 Å². The number of amides is 3. The van der Waals surface area contributed by atoms with Crippen LogP contribution >= 0.6 is 0 Å². The lowest BCUT2D eigenvalue weighted by Gasteiger charge is -2.38. The first-order valence-electron chi connectivity index (χ1n) is 14.6. The average Bonchev–Trinajstić information content (AvgIpc) is 2.94. The lowest BCUT2D eigenvalue weighted by atomic mass is 9.86. The second kappa shape index (κ2) is 13.1. The molecule has 1 saturated heterocycles. The van der Waals surface area contributed by atoms with Crippen LogP contribution in [-0.2, 0) is 17.7 Å². The molecule has 3 amide bonds. The number of carbonyl (C=O) groups excluding carboxylic acids is 2. The normalized spacial score (nSPS) is 18.2. The molecule has 230 valence electrons. The quantitative estimate of drug-likeness (QED) is 0.273. The molecule has 43 heavy (non-hydrogen) atoms. The Bertz CT molecular complexity index is 1410. The Morgan fingerprint density at radius 1 is 1.00 bits per heavy atom. The van der Waals surface area contributed by atoms with E-state index in [1.165, 1.54) is 19.1 Å². The van der Waals surface area contributed by atoms with Crippen LogP contribution in [-0.4, -0.2) is 46.7 Å². The standard InChI is InChI=1S/C34H40F3N3O3/c1-6-12-25(21-23(2)43-34(35,36)37)26-16-17-28(29-22-39(20-18-27(26)29)32(42)38-33(3,4)5)31(41)40-19-11-10-15-30(40)24-13-8-7-9-14-24/h6-9,12-14,16-17,21,30H,1,10-11,15,18-20,22H2,2-5H3,(H,38,42)/b23-21+,25-12+. The molecule has 1 atom stereocenters. The van der Waals surface area contributed by atoms with Crippen LogP contribution in [0.4, 0.5) is 18.0 Å². The third-order valence-electron chi connectivity index (χ3n) is 7.60. The molecule has 2 aliphatic heterocycles. The Labute approximate surface area is 251 Å². The molecule has 0 aromatic heterocycles. The minimum atomic E-state index is -4.82. The van der Waals surface area contributed by atoms with Gasteiger partial charge in [0.15, 0.2) is 0 Å². The Morgan fingerprint density at radius 3 is 2.35 bits per heavy atom. The second-order valence-electron chi connectivity index (χ2n) is 12.1. The third-order valence-corrected chi connectivity index (χ3v) is 7.60. The molecule has 2 aromatic carbocycles. The van der Waals surface area contributed by atoms with E-state index in [-0.39, 0.29) is 30.3 Å². The van der Waals surface area contributed by atoms with E-state index in [2.05, 4.69) is 16.6 Å². The van der Waals surface area contributed by atoms with E-state index in [0.717, 1.165) is 30.4 Å². The summed E-state index contributed by atoms with van der Waals surface area (Å²) in [5.74, 6) is -0.439. The monoisotopic (exact) mass is 595 g/mol. The molecule has 0 aliphatic carbocycles. The van der Waals surface area contributed by atoms with Gasteiger partial charge in [0, 0.05) is 30.7 Å². The molecule has 0 spiro atoms. The Balaban J connectivity index is 1.80. The van der Waals surface area contributed by atoms with Gasteiger partial charge < -0.3 is 19.9 Å². The number of hydrogen-bond donors (Lipinski definition) is 1. The first kappa shape index (κ1) is 31.9. The van der Waals surface area contributed by atoms with Crippen LogP contribution in [0.15, 0.2) is 73.0 Å². The van der Waals surface area contributed by atoms with Gasteiger partial charge in [-0.05, 0) is 93.3 Å². The van der Waals surface area contributed by atoms with Crippen molar-refractivity contribution in [2.45, 2.75) is 77.9 Å². The van der Waals surface area contributed by atoms with Gasteiger partial charge in [0.1, 0.15) is 5.76 Å². The molecule has 1 unspecified atom stereocenters. The molecular formula is C34H40F3N3O3. The van der Waals surface area contributed by atoms with Crippen LogP contribution in [0.25, 0.3) is 5.57 Å². The largest absolute Gasteiger partial charge is 0.572 e. The van der Waals surface area contributed by atoms with Gasteiger partial charge in [-0.3, -0.25) is 4.79 Å². The van der Waals surface area contributed by atoms with Crippen molar-refractivity contribution in [3.8, 4) is 0 Å². The van der Waals surface area contributed by atoms with Gasteiger partial charge in [-0.15, -0.1) is 13.2 Å². The summed E-state index contributed by atoms with van der Waals surface area (Å²) in [6.07, 6.45) is 2.81. The van der Waals surface area contributed by atoms with E-state index in [9.17, 15) is 22.8 Å². The molecule has 2 aliphatic rings. The van der Waals surface area contributed by atoms with Gasteiger partial charge in [-0.1, -0.05) is 55.1 Å². The van der Waals surface area contributed by atoms with Gasteiger partial charge in [0.25, 0.3) is 5.91 Å². The summed E-state index contributed by atoms with van der Waals surface area (Å²) >= 11 is 0. The maximum atomic E-state index is 14.3. The number of nitrogens with zero attached hydrogens (tertiary/aromatic N) is 2. The molecule has 1 N–H and O–H groups in total. The van der Waals surface area contributed by atoms with Crippen molar-refractivity contribution in [2.24, 2.45) is 0 Å². The zero-order chi connectivity index (χ0) is 31.4. The van der Waals surface area contributed by atoms with Crippen LogP contribution in [0.3, 0.4) is 0 Å². The maximum absolute atomic E-state index is 14.3. The van der Waals surface area contributed by atoms with E-state index in [0.29, 0.717) is 41.8 Å². The molecule has 0 radical (unpaired) electrons. The van der Waals surface area contributed by atoms with Crippen molar-refractivity contribution in [1.29, 1.82) is 0 Å². The summed E-state index contributed by atoms with van der Waals surface area (Å²) < 4.78 is 43.0. The molecule has 4 rings (SSSR count). The van der Waals surface area contributed by atoms with Crippen LogP contribution in [0.2, 0.25) is 0 Å². The summed E-state index contributed by atoms with van der Waals surface area (Å²) in [7, 11) is 0. The topological polar surface area (TPSA) is 61.9 Å². The zero-order valence-electron chi connectivity index (χ0n) is 25.3. The number of alkyl halides is 3. The Morgan fingerprint density at radius 2 is 1.70 bits per heavy atom. The minimum absolute atomic E-state index is 0.0667. The minimum Gasteiger partial charge on any atom is -0.411 e. The van der Waals surface area contributed by atoms with Crippen LogP contribution in [0, 0.1) is 0 Å². The van der Waals surface area contributed by atoms with Gasteiger partial charge >= 0.3 is 12.4 Å². The number of benzene rings is 2. The average molecular weight is 596 g/mol. The molecular weight excluding hydrogens is 555 g/mol. The van der Waals surface area contributed by atoms with Crippen molar-refractivity contribution < 1.29 is 27.5 Å². The lowest BCUT2D eigenvalue weighted by Crippen LogP contribution is -2.50. The maximum Gasteiger partial charge on any atom is 0.572 e. The molecule has 0 bridgehead atoms. The van der Waals surface area contributed by atoms with Gasteiger partial charge in [-0.25, -0.2) is 4.79 Å². The number of rotatable bonds is 6. The summed E-state index contributed by atoms with van der Waals surface area (Å²) in [5.41, 5.74) is 3.80. The number of allylic oxidation sites excluding steroid dienone is 5. The van der Waals surface area contributed by atoms with Crippen LogP contribution < -0.4 is 5.32 Å². The zero-order valence-corrected chi connectivity index (χ0v) is 25.3. The van der Waals surface area contributed by atoms with Crippen LogP contribution in [0.5, 0.6) is 0 Å². The second-order valence-corrected chi connectivity index (χ2v) is 12.1. The molecule has 2 heterocycles.